The lowest BCUT2D eigenvalue weighted by atomic mass is 9.80. The van der Waals surface area contributed by atoms with Crippen molar-refractivity contribution < 1.29 is 9.90 Å². The highest BCUT2D eigenvalue weighted by Crippen LogP contribution is 2.33. The van der Waals surface area contributed by atoms with Crippen LogP contribution in [-0.2, 0) is 11.3 Å². The molecule has 0 bridgehead atoms. The van der Waals surface area contributed by atoms with Gasteiger partial charge in [-0.25, -0.2) is 4.98 Å². The Bertz CT molecular complexity index is 1440. The molecular weight excluding hydrogens is 486 g/mol. The van der Waals surface area contributed by atoms with E-state index >= 15 is 0 Å². The summed E-state index contributed by atoms with van der Waals surface area (Å²) in [6.07, 6.45) is 5.06. The van der Waals surface area contributed by atoms with Crippen LogP contribution in [0.25, 0.3) is 16.7 Å². The van der Waals surface area contributed by atoms with E-state index in [2.05, 4.69) is 22.4 Å². The van der Waals surface area contributed by atoms with Gasteiger partial charge in [0.2, 0.25) is 5.91 Å². The highest BCUT2D eigenvalue weighted by atomic mass is 32.1. The molecule has 0 aliphatic carbocycles. The van der Waals surface area contributed by atoms with Gasteiger partial charge in [0.25, 0.3) is 5.56 Å². The van der Waals surface area contributed by atoms with Crippen molar-refractivity contribution in [3.05, 3.63) is 81.7 Å². The lowest BCUT2D eigenvalue weighted by Crippen LogP contribution is -2.52. The smallest absolute Gasteiger partial charge is 0.262 e. The number of nitrogens with one attached hydrogen (secondary N) is 1. The molecule has 3 aromatic heterocycles. The lowest BCUT2D eigenvalue weighted by molar-refractivity contribution is -0.141. The molecule has 2 aliphatic rings. The van der Waals surface area contributed by atoms with E-state index in [1.54, 1.807) is 17.4 Å². The number of benzene rings is 1. The second kappa shape index (κ2) is 9.89. The van der Waals surface area contributed by atoms with E-state index in [-0.39, 0.29) is 29.8 Å². The first-order valence-electron chi connectivity index (χ1n) is 12.9. The molecule has 5 heterocycles. The number of thiophene rings is 1. The fourth-order valence-corrected chi connectivity index (χ4v) is 6.46. The molecule has 0 unspecified atom stereocenters. The van der Waals surface area contributed by atoms with Crippen molar-refractivity contribution in [2.45, 2.75) is 37.3 Å². The molecular formula is C28H31N5O3S. The summed E-state index contributed by atoms with van der Waals surface area (Å²) in [5.41, 5.74) is 1.56. The predicted molar refractivity (Wildman–Crippen MR) is 144 cm³/mol. The molecule has 0 radical (unpaired) electrons. The minimum atomic E-state index is -1.06. The molecule has 2 fully saturated rings. The number of piperidine rings is 2. The topological polar surface area (TPSA) is 92.4 Å². The molecule has 0 saturated carbocycles. The third-order valence-electron chi connectivity index (χ3n) is 7.95. The van der Waals surface area contributed by atoms with Crippen molar-refractivity contribution in [1.29, 1.82) is 0 Å². The maximum absolute atomic E-state index is 13.6. The van der Waals surface area contributed by atoms with E-state index in [4.69, 9.17) is 0 Å². The number of likely N-dealkylation sites (tertiary alicyclic amines) is 1. The molecule has 4 aromatic rings. The van der Waals surface area contributed by atoms with Crippen molar-refractivity contribution in [3.8, 4) is 5.69 Å². The van der Waals surface area contributed by atoms with Crippen LogP contribution in [0.3, 0.4) is 0 Å². The highest BCUT2D eigenvalue weighted by molar-refractivity contribution is 7.08. The van der Waals surface area contributed by atoms with E-state index in [0.717, 1.165) is 25.2 Å². The number of rotatable bonds is 5. The zero-order valence-electron chi connectivity index (χ0n) is 20.6. The van der Waals surface area contributed by atoms with Crippen molar-refractivity contribution in [2.75, 3.05) is 26.2 Å². The molecule has 1 amide bonds. The molecule has 8 nitrogen and oxygen atoms in total. The minimum absolute atomic E-state index is 0.0590. The first-order chi connectivity index (χ1) is 18.0. The van der Waals surface area contributed by atoms with Gasteiger partial charge in [0.05, 0.1) is 23.2 Å². The second-order valence-corrected chi connectivity index (χ2v) is 11.0. The summed E-state index contributed by atoms with van der Waals surface area (Å²) >= 11 is 1.59. The van der Waals surface area contributed by atoms with Gasteiger partial charge in [-0.2, -0.15) is 11.3 Å². The van der Waals surface area contributed by atoms with Crippen LogP contribution in [0.1, 0.15) is 30.7 Å². The van der Waals surface area contributed by atoms with Crippen LogP contribution in [0, 0.1) is 5.92 Å². The second-order valence-electron chi connectivity index (χ2n) is 10.2. The molecule has 2 saturated heterocycles. The Kier molecular flexibility index (Phi) is 6.44. The Morgan fingerprint density at radius 1 is 1.16 bits per heavy atom. The Morgan fingerprint density at radius 2 is 1.97 bits per heavy atom. The van der Waals surface area contributed by atoms with Gasteiger partial charge >= 0.3 is 0 Å². The standard InChI is InChI=1S/C28H31N5O3S/c34-26(22-6-11-29-16-24(22)20-4-2-1-3-5-20)31-13-9-28(36,10-14-31)18-32-19-30-25-23(27(32)35)7-12-33(25)21-8-15-37-17-21/h1-5,7-8,12,15,17,19,22,24,29,36H,6,9-11,13-14,16,18H2/t22-,24+/m1/s1. The maximum atomic E-state index is 13.6. The number of carbonyl (C=O) groups excluding carboxylic acids is 1. The molecule has 0 spiro atoms. The summed E-state index contributed by atoms with van der Waals surface area (Å²) in [7, 11) is 0. The SMILES string of the molecule is O=C([C@@H]1CCNC[C@H]1c1ccccc1)N1CCC(O)(Cn2cnc3c(ccn3-c3ccsc3)c2=O)CC1. The van der Waals surface area contributed by atoms with Crippen LogP contribution in [-0.4, -0.2) is 61.8 Å². The molecule has 2 aliphatic heterocycles. The van der Waals surface area contributed by atoms with Gasteiger partial charge in [-0.1, -0.05) is 30.3 Å². The number of amides is 1. The first-order valence-corrected chi connectivity index (χ1v) is 13.8. The van der Waals surface area contributed by atoms with E-state index < -0.39 is 5.60 Å². The third kappa shape index (κ3) is 4.63. The largest absolute Gasteiger partial charge is 0.388 e. The Balaban J connectivity index is 1.14. The van der Waals surface area contributed by atoms with Gasteiger partial charge in [0.1, 0.15) is 6.33 Å². The average Bonchev–Trinajstić information content (AvgIpc) is 3.61. The predicted octanol–water partition coefficient (Wildman–Crippen LogP) is 3.00. The molecule has 2 atom stereocenters. The maximum Gasteiger partial charge on any atom is 0.262 e. The normalized spacial score (nSPS) is 21.8. The zero-order valence-corrected chi connectivity index (χ0v) is 21.4. The van der Waals surface area contributed by atoms with Gasteiger partial charge in [0.15, 0.2) is 5.65 Å². The van der Waals surface area contributed by atoms with Crippen molar-refractivity contribution in [2.24, 2.45) is 5.92 Å². The number of aromatic nitrogens is 3. The summed E-state index contributed by atoms with van der Waals surface area (Å²) in [5, 5.41) is 19.3. The molecule has 192 valence electrons. The van der Waals surface area contributed by atoms with E-state index in [0.29, 0.717) is 37.0 Å². The number of hydrogen-bond acceptors (Lipinski definition) is 6. The van der Waals surface area contributed by atoms with E-state index in [1.807, 2.05) is 50.7 Å². The Morgan fingerprint density at radius 3 is 2.73 bits per heavy atom. The van der Waals surface area contributed by atoms with Gasteiger partial charge < -0.3 is 19.9 Å². The molecule has 9 heteroatoms. The Labute approximate surface area is 219 Å². The van der Waals surface area contributed by atoms with Gasteiger partial charge in [-0.05, 0) is 48.9 Å². The summed E-state index contributed by atoms with van der Waals surface area (Å²) in [6, 6.07) is 14.0. The van der Waals surface area contributed by atoms with E-state index in [1.165, 1.54) is 16.5 Å². The van der Waals surface area contributed by atoms with Crippen LogP contribution in [0.4, 0.5) is 0 Å². The van der Waals surface area contributed by atoms with Gasteiger partial charge in [0, 0.05) is 43.0 Å². The minimum Gasteiger partial charge on any atom is -0.388 e. The zero-order chi connectivity index (χ0) is 25.4. The van der Waals surface area contributed by atoms with Crippen LogP contribution in [0.15, 0.2) is 70.5 Å². The fourth-order valence-electron chi connectivity index (χ4n) is 5.83. The van der Waals surface area contributed by atoms with Crippen molar-refractivity contribution in [3.63, 3.8) is 0 Å². The van der Waals surface area contributed by atoms with E-state index in [9.17, 15) is 14.7 Å². The summed E-state index contributed by atoms with van der Waals surface area (Å²) in [6.45, 7) is 2.77. The van der Waals surface area contributed by atoms with Gasteiger partial charge in [-0.3, -0.25) is 14.2 Å². The number of carbonyl (C=O) groups is 1. The first kappa shape index (κ1) is 24.1. The monoisotopic (exact) mass is 517 g/mol. The quantitative estimate of drug-likeness (QED) is 0.425. The number of fused-ring (bicyclic) bond motifs is 1. The number of aliphatic hydroxyl groups is 1. The average molecular weight is 518 g/mol. The molecule has 6 rings (SSSR count). The number of hydrogen-bond donors (Lipinski definition) is 2. The highest BCUT2D eigenvalue weighted by Gasteiger charge is 2.39. The van der Waals surface area contributed by atoms with Gasteiger partial charge in [-0.15, -0.1) is 0 Å². The van der Waals surface area contributed by atoms with Crippen molar-refractivity contribution >= 4 is 28.3 Å². The third-order valence-corrected chi connectivity index (χ3v) is 8.62. The van der Waals surface area contributed by atoms with Crippen LogP contribution < -0.4 is 10.9 Å². The summed E-state index contributed by atoms with van der Waals surface area (Å²) < 4.78 is 3.41. The van der Waals surface area contributed by atoms with Crippen molar-refractivity contribution in [1.82, 2.24) is 24.3 Å². The number of nitrogens with zero attached hydrogens (tertiary/aromatic N) is 4. The fraction of sp³-hybridized carbons (Fsp3) is 0.393. The van der Waals surface area contributed by atoms with Crippen LogP contribution in [0.5, 0.6) is 0 Å². The van der Waals surface area contributed by atoms with Crippen LogP contribution in [0.2, 0.25) is 0 Å². The molecule has 1 aromatic carbocycles. The summed E-state index contributed by atoms with van der Waals surface area (Å²) in [5.74, 6) is 0.268. The van der Waals surface area contributed by atoms with Crippen LogP contribution >= 0.6 is 11.3 Å². The lowest BCUT2D eigenvalue weighted by Gasteiger charge is -2.41. The molecule has 2 N–H and O–H groups in total. The summed E-state index contributed by atoms with van der Waals surface area (Å²) in [4.78, 5) is 33.2. The molecule has 37 heavy (non-hydrogen) atoms. The Hall–Kier alpha value is -3.27.